The molecule has 1 N–H and O–H groups in total. The maximum absolute atomic E-state index is 11.8. The molecule has 0 atom stereocenters. The molecule has 0 heterocycles. The third-order valence-electron chi connectivity index (χ3n) is 3.71. The molecule has 3 nitrogen and oxygen atoms in total. The molecule has 21 heavy (non-hydrogen) atoms. The van der Waals surface area contributed by atoms with E-state index in [0.717, 1.165) is 30.7 Å². The fraction of sp³-hybridized carbons (Fsp3) is 0.611. The van der Waals surface area contributed by atoms with Gasteiger partial charge in [-0.25, -0.2) is 5.06 Å². The summed E-state index contributed by atoms with van der Waals surface area (Å²) in [6.45, 7) is 2.67. The van der Waals surface area contributed by atoms with Crippen molar-refractivity contribution in [3.8, 4) is 0 Å². The minimum Gasteiger partial charge on any atom is -0.286 e. The van der Waals surface area contributed by atoms with Crippen LogP contribution >= 0.6 is 0 Å². The van der Waals surface area contributed by atoms with Gasteiger partial charge >= 0.3 is 0 Å². The Morgan fingerprint density at radius 2 is 1.67 bits per heavy atom. The molecular weight excluding hydrogens is 262 g/mol. The van der Waals surface area contributed by atoms with Gasteiger partial charge in [0.25, 0.3) is 0 Å². The summed E-state index contributed by atoms with van der Waals surface area (Å²) >= 11 is 0. The summed E-state index contributed by atoms with van der Waals surface area (Å²) in [7, 11) is 0. The lowest BCUT2D eigenvalue weighted by molar-refractivity contribution is -0.165. The maximum Gasteiger partial charge on any atom is 0.245 e. The average molecular weight is 291 g/mol. The Hall–Kier alpha value is -1.35. The zero-order valence-corrected chi connectivity index (χ0v) is 13.3. The molecule has 0 saturated carbocycles. The second-order valence-corrected chi connectivity index (χ2v) is 5.62. The van der Waals surface area contributed by atoms with Crippen molar-refractivity contribution in [2.24, 2.45) is 0 Å². The Morgan fingerprint density at radius 1 is 1.00 bits per heavy atom. The molecule has 0 aliphatic carbocycles. The van der Waals surface area contributed by atoms with Crippen LogP contribution in [0, 0.1) is 0 Å². The van der Waals surface area contributed by atoms with Crippen LogP contribution in [0.25, 0.3) is 0 Å². The van der Waals surface area contributed by atoms with E-state index in [0.29, 0.717) is 13.0 Å². The molecule has 118 valence electrons. The van der Waals surface area contributed by atoms with Crippen LogP contribution in [0.5, 0.6) is 0 Å². The number of benzene rings is 1. The first-order valence-corrected chi connectivity index (χ1v) is 8.27. The first kappa shape index (κ1) is 17.7. The van der Waals surface area contributed by atoms with Gasteiger partial charge in [-0.1, -0.05) is 69.4 Å². The summed E-state index contributed by atoms with van der Waals surface area (Å²) < 4.78 is 0. The van der Waals surface area contributed by atoms with E-state index in [4.69, 9.17) is 0 Å². The average Bonchev–Trinajstić information content (AvgIpc) is 2.51. The van der Waals surface area contributed by atoms with Crippen molar-refractivity contribution in [2.45, 2.75) is 64.7 Å². The largest absolute Gasteiger partial charge is 0.286 e. The summed E-state index contributed by atoms with van der Waals surface area (Å²) in [5, 5.41) is 10.6. The number of hydrogen-bond acceptors (Lipinski definition) is 2. The Balaban J connectivity index is 2.05. The highest BCUT2D eigenvalue weighted by Crippen LogP contribution is 2.08. The van der Waals surface area contributed by atoms with Crippen LogP contribution in [0.15, 0.2) is 30.3 Å². The number of amides is 1. The van der Waals surface area contributed by atoms with E-state index < -0.39 is 0 Å². The van der Waals surface area contributed by atoms with Gasteiger partial charge in [0.2, 0.25) is 5.91 Å². The molecule has 1 amide bonds. The molecule has 0 bridgehead atoms. The minimum absolute atomic E-state index is 0.153. The normalized spacial score (nSPS) is 10.6. The van der Waals surface area contributed by atoms with Gasteiger partial charge in [-0.05, 0) is 24.8 Å². The van der Waals surface area contributed by atoms with Crippen molar-refractivity contribution in [1.82, 2.24) is 5.06 Å². The minimum atomic E-state index is -0.153. The van der Waals surface area contributed by atoms with E-state index in [9.17, 15) is 10.0 Å². The fourth-order valence-corrected chi connectivity index (χ4v) is 2.38. The van der Waals surface area contributed by atoms with Crippen LogP contribution in [-0.4, -0.2) is 22.7 Å². The van der Waals surface area contributed by atoms with E-state index in [1.807, 2.05) is 18.2 Å². The second-order valence-electron chi connectivity index (χ2n) is 5.62. The van der Waals surface area contributed by atoms with Crippen LogP contribution in [-0.2, 0) is 11.2 Å². The van der Waals surface area contributed by atoms with E-state index in [2.05, 4.69) is 19.1 Å². The number of hydroxylamine groups is 2. The third kappa shape index (κ3) is 8.51. The SMILES string of the molecule is CCCCCCCCN(O)C(=O)CCCc1ccccc1. The molecule has 1 aromatic carbocycles. The Labute approximate surface area is 128 Å². The van der Waals surface area contributed by atoms with Crippen LogP contribution in [0.4, 0.5) is 0 Å². The zero-order valence-electron chi connectivity index (χ0n) is 13.3. The highest BCUT2D eigenvalue weighted by molar-refractivity contribution is 5.74. The molecule has 0 saturated heterocycles. The summed E-state index contributed by atoms with van der Waals surface area (Å²) in [4.78, 5) is 11.8. The van der Waals surface area contributed by atoms with Crippen molar-refractivity contribution in [3.05, 3.63) is 35.9 Å². The molecule has 0 radical (unpaired) electrons. The fourth-order valence-electron chi connectivity index (χ4n) is 2.38. The molecule has 1 aromatic rings. The highest BCUT2D eigenvalue weighted by atomic mass is 16.5. The third-order valence-corrected chi connectivity index (χ3v) is 3.71. The van der Waals surface area contributed by atoms with Gasteiger partial charge in [0.1, 0.15) is 0 Å². The molecule has 0 aliphatic heterocycles. The molecule has 0 spiro atoms. The molecule has 1 rings (SSSR count). The van der Waals surface area contributed by atoms with Crippen LogP contribution in [0.3, 0.4) is 0 Å². The standard InChI is InChI=1S/C18H29NO2/c1-2-3-4-5-6-10-16-19(21)18(20)15-11-14-17-12-8-7-9-13-17/h7-9,12-13,21H,2-6,10-11,14-16H2,1H3. The number of unbranched alkanes of at least 4 members (excludes halogenated alkanes) is 5. The van der Waals surface area contributed by atoms with Crippen LogP contribution in [0.1, 0.15) is 63.9 Å². The quantitative estimate of drug-likeness (QED) is 0.368. The van der Waals surface area contributed by atoms with Gasteiger partial charge in [-0.3, -0.25) is 10.0 Å². The van der Waals surface area contributed by atoms with E-state index in [1.165, 1.54) is 31.2 Å². The predicted molar refractivity (Wildman–Crippen MR) is 86.3 cm³/mol. The smallest absolute Gasteiger partial charge is 0.245 e. The van der Waals surface area contributed by atoms with E-state index >= 15 is 0 Å². The maximum atomic E-state index is 11.8. The van der Waals surface area contributed by atoms with Gasteiger partial charge in [0.15, 0.2) is 0 Å². The summed E-state index contributed by atoms with van der Waals surface area (Å²) in [6.07, 6.45) is 9.05. The van der Waals surface area contributed by atoms with Gasteiger partial charge < -0.3 is 0 Å². The molecule has 3 heteroatoms. The number of hydrogen-bond donors (Lipinski definition) is 1. The molecule has 0 unspecified atom stereocenters. The number of carbonyl (C=O) groups excluding carboxylic acids is 1. The summed E-state index contributed by atoms with van der Waals surface area (Å²) in [5.41, 5.74) is 1.24. The topological polar surface area (TPSA) is 40.5 Å². The number of aryl methyl sites for hydroxylation is 1. The second kappa shape index (κ2) is 11.3. The van der Waals surface area contributed by atoms with Crippen molar-refractivity contribution >= 4 is 5.91 Å². The number of nitrogens with zero attached hydrogens (tertiary/aromatic N) is 1. The Kier molecular flexibility index (Phi) is 9.55. The van der Waals surface area contributed by atoms with Crippen molar-refractivity contribution in [2.75, 3.05) is 6.54 Å². The van der Waals surface area contributed by atoms with Gasteiger partial charge in [0, 0.05) is 13.0 Å². The van der Waals surface area contributed by atoms with Crippen molar-refractivity contribution in [1.29, 1.82) is 0 Å². The predicted octanol–water partition coefficient (Wildman–Crippen LogP) is 4.59. The van der Waals surface area contributed by atoms with E-state index in [-0.39, 0.29) is 5.91 Å². The number of carbonyl (C=O) groups is 1. The molecule has 0 fully saturated rings. The summed E-state index contributed by atoms with van der Waals surface area (Å²) in [5.74, 6) is -0.153. The first-order valence-electron chi connectivity index (χ1n) is 8.27. The van der Waals surface area contributed by atoms with Gasteiger partial charge in [-0.15, -0.1) is 0 Å². The van der Waals surface area contributed by atoms with Crippen LogP contribution in [0.2, 0.25) is 0 Å². The lowest BCUT2D eigenvalue weighted by Crippen LogP contribution is -2.28. The summed E-state index contributed by atoms with van der Waals surface area (Å²) in [6, 6.07) is 10.1. The highest BCUT2D eigenvalue weighted by Gasteiger charge is 2.09. The van der Waals surface area contributed by atoms with Gasteiger partial charge in [-0.2, -0.15) is 0 Å². The van der Waals surface area contributed by atoms with Crippen molar-refractivity contribution < 1.29 is 10.0 Å². The van der Waals surface area contributed by atoms with Crippen molar-refractivity contribution in [3.63, 3.8) is 0 Å². The number of rotatable bonds is 11. The Morgan fingerprint density at radius 3 is 2.38 bits per heavy atom. The Bertz CT molecular complexity index is 378. The van der Waals surface area contributed by atoms with Gasteiger partial charge in [0.05, 0.1) is 0 Å². The van der Waals surface area contributed by atoms with Crippen LogP contribution < -0.4 is 0 Å². The first-order chi connectivity index (χ1) is 10.2. The molecule has 0 aromatic heterocycles. The monoisotopic (exact) mass is 291 g/mol. The zero-order chi connectivity index (χ0) is 15.3. The lowest BCUT2D eigenvalue weighted by atomic mass is 10.1. The lowest BCUT2D eigenvalue weighted by Gasteiger charge is -2.14. The molecular formula is C18H29NO2. The van der Waals surface area contributed by atoms with E-state index in [1.54, 1.807) is 0 Å². The molecule has 0 aliphatic rings.